The minimum absolute atomic E-state index is 0.0833. The van der Waals surface area contributed by atoms with E-state index < -0.39 is 163 Å². The highest BCUT2D eigenvalue weighted by Gasteiger charge is 2.83. The van der Waals surface area contributed by atoms with Crippen molar-refractivity contribution in [3.8, 4) is 0 Å². The van der Waals surface area contributed by atoms with Crippen LogP contribution < -0.4 is 0 Å². The third-order valence-electron chi connectivity index (χ3n) is 10.5. The minimum Gasteiger partial charge on any atom is -0.235 e. The molecule has 6 aromatic carbocycles. The summed E-state index contributed by atoms with van der Waals surface area (Å²) in [6.07, 6.45) is -4.55. The van der Waals surface area contributed by atoms with E-state index in [1.165, 1.54) is 0 Å². The van der Waals surface area contributed by atoms with Gasteiger partial charge < -0.3 is 0 Å². The fourth-order valence-corrected chi connectivity index (χ4v) is 13.2. The fourth-order valence-electron chi connectivity index (χ4n) is 7.99. The molecule has 0 saturated heterocycles. The van der Waals surface area contributed by atoms with Gasteiger partial charge in [0.05, 0.1) is 14.7 Å². The van der Waals surface area contributed by atoms with Crippen molar-refractivity contribution in [2.45, 2.75) is 36.9 Å². The number of allylic oxidation sites excluding steroid dienone is 1. The van der Waals surface area contributed by atoms with Gasteiger partial charge in [-0.2, -0.15) is 0 Å². The summed E-state index contributed by atoms with van der Waals surface area (Å²) in [5, 5.41) is 0. The SMILES string of the molecule is FC1=C(F)C(c2ccccc2)(S(c2c(F)c(F)c(F)c(F)c2F)(c2c(F)c(F)c(F)c(F)c2F)c2c(F)c(F)c(F)c(F)c2F)C(F)(c2ccccc2)C(F)(c2ccccc2)C1F. The molecular weight excluding hydrogens is 916 g/mol. The molecule has 0 saturated carbocycles. The molecule has 6 aromatic rings. The van der Waals surface area contributed by atoms with Crippen molar-refractivity contribution in [2.24, 2.45) is 0 Å². The van der Waals surface area contributed by atoms with Crippen molar-refractivity contribution in [1.29, 1.82) is 0 Å². The highest BCUT2D eigenvalue weighted by Crippen LogP contribution is 2.90. The van der Waals surface area contributed by atoms with Crippen molar-refractivity contribution in [3.63, 3.8) is 0 Å². The van der Waals surface area contributed by atoms with Gasteiger partial charge in [-0.05, 0) is 16.7 Å². The summed E-state index contributed by atoms with van der Waals surface area (Å²) in [7, 11) is -8.10. The van der Waals surface area contributed by atoms with Gasteiger partial charge >= 0.3 is 0 Å². The number of hydrogen-bond acceptors (Lipinski definition) is 0. The van der Waals surface area contributed by atoms with Gasteiger partial charge in [0.1, 0.15) is 4.75 Å². The lowest BCUT2D eigenvalue weighted by atomic mass is 9.61. The molecule has 7 rings (SSSR count). The molecule has 0 heterocycles. The summed E-state index contributed by atoms with van der Waals surface area (Å²) in [5.41, 5.74) is -16.5. The number of benzene rings is 6. The third-order valence-corrected chi connectivity index (χ3v) is 15.0. The van der Waals surface area contributed by atoms with Crippen LogP contribution in [0, 0.1) is 87.3 Å². The van der Waals surface area contributed by atoms with Crippen LogP contribution in [0.1, 0.15) is 16.7 Å². The maximum Gasteiger partial charge on any atom is 0.213 e. The normalized spacial score (nSPS) is 21.9. The predicted molar refractivity (Wildman–Crippen MR) is 182 cm³/mol. The van der Waals surface area contributed by atoms with E-state index in [9.17, 15) is 13.2 Å². The molecule has 0 nitrogen and oxygen atoms in total. The molecule has 0 N–H and O–H groups in total. The van der Waals surface area contributed by atoms with E-state index in [-0.39, 0.29) is 24.3 Å². The van der Waals surface area contributed by atoms with Gasteiger partial charge in [-0.3, -0.25) is 0 Å². The Morgan fingerprint density at radius 2 is 0.587 bits per heavy atom. The Morgan fingerprint density at radius 1 is 0.333 bits per heavy atom. The van der Waals surface area contributed by atoms with E-state index in [1.54, 1.807) is 0 Å². The first-order chi connectivity index (χ1) is 29.6. The predicted octanol–water partition coefficient (Wildman–Crippen LogP) is 14.2. The lowest BCUT2D eigenvalue weighted by Crippen LogP contribution is -2.66. The first-order valence-electron chi connectivity index (χ1n) is 17.2. The summed E-state index contributed by atoms with van der Waals surface area (Å²) < 4.78 is 328. The van der Waals surface area contributed by atoms with Crippen molar-refractivity contribution >= 4 is 10.0 Å². The molecule has 0 aromatic heterocycles. The van der Waals surface area contributed by atoms with Crippen LogP contribution in [0.15, 0.2) is 117 Å². The zero-order chi connectivity index (χ0) is 46.5. The van der Waals surface area contributed by atoms with Crippen LogP contribution in [-0.2, 0) is 16.1 Å². The molecule has 0 aliphatic heterocycles. The maximum atomic E-state index is 20.3. The quantitative estimate of drug-likeness (QED) is 0.0850. The molecule has 0 radical (unpaired) electrons. The highest BCUT2D eigenvalue weighted by molar-refractivity contribution is 8.34. The maximum absolute atomic E-state index is 20.3. The largest absolute Gasteiger partial charge is 0.235 e. The molecule has 21 heteroatoms. The van der Waals surface area contributed by atoms with Crippen LogP contribution >= 0.6 is 10.0 Å². The van der Waals surface area contributed by atoms with Crippen molar-refractivity contribution in [1.82, 2.24) is 0 Å². The zero-order valence-electron chi connectivity index (χ0n) is 30.2. The van der Waals surface area contributed by atoms with E-state index in [1.807, 2.05) is 0 Å². The van der Waals surface area contributed by atoms with E-state index >= 15 is 74.6 Å². The molecule has 0 spiro atoms. The summed E-state index contributed by atoms with van der Waals surface area (Å²) in [5.74, 6) is -61.0. The second kappa shape index (κ2) is 15.4. The lowest BCUT2D eigenvalue weighted by molar-refractivity contribution is -0.133. The Labute approximate surface area is 341 Å². The molecule has 1 aliphatic carbocycles. The topological polar surface area (TPSA) is 0 Å². The number of halogens is 20. The van der Waals surface area contributed by atoms with Gasteiger partial charge in [0.2, 0.25) is 28.8 Å². The van der Waals surface area contributed by atoms with Crippen LogP contribution in [-0.4, -0.2) is 6.17 Å². The van der Waals surface area contributed by atoms with Gasteiger partial charge in [0.15, 0.2) is 87.6 Å². The van der Waals surface area contributed by atoms with Crippen molar-refractivity contribution in [3.05, 3.63) is 207 Å². The van der Waals surface area contributed by atoms with E-state index in [4.69, 9.17) is 0 Å². The van der Waals surface area contributed by atoms with Gasteiger partial charge in [-0.15, -0.1) is 10.0 Å². The van der Waals surface area contributed by atoms with E-state index in [0.717, 1.165) is 18.2 Å². The van der Waals surface area contributed by atoms with Gasteiger partial charge in [-0.25, -0.2) is 87.8 Å². The van der Waals surface area contributed by atoms with Crippen molar-refractivity contribution in [2.75, 3.05) is 0 Å². The van der Waals surface area contributed by atoms with Gasteiger partial charge in [0, 0.05) is 0 Å². The molecule has 0 bridgehead atoms. The van der Waals surface area contributed by atoms with Crippen LogP contribution in [0.4, 0.5) is 87.8 Å². The second-order valence-corrected chi connectivity index (χ2v) is 16.5. The molecular formula is C42H16F20S. The Kier molecular flexibility index (Phi) is 11.0. The monoisotopic (exact) mass is 932 g/mol. The Bertz CT molecular complexity index is 2620. The average molecular weight is 933 g/mol. The standard InChI is InChI=1S/C42H16F20S/c43-19-22(46)28(52)35(29(53)23(19)47)63(36-30(54)24(48)20(44)25(49)31(36)55,37-32(56)26(50)21(45)27(51)33(37)57)41(17-12-6-2-7-13-17)39(60)34(58)38(59)40(61,16-10-4-1-5-11-16)42(41,62)18-14-8-3-9-15-18/h1-15,38H. The number of rotatable bonds is 7. The highest BCUT2D eigenvalue weighted by atomic mass is 32.3. The Hall–Kier alpha value is -5.99. The summed E-state index contributed by atoms with van der Waals surface area (Å²) in [6.45, 7) is 0. The Morgan fingerprint density at radius 3 is 0.889 bits per heavy atom. The average Bonchev–Trinajstić information content (AvgIpc) is 3.29. The van der Waals surface area contributed by atoms with Crippen LogP contribution in [0.2, 0.25) is 0 Å². The molecule has 4 unspecified atom stereocenters. The Balaban J connectivity index is 2.09. The number of alkyl halides is 3. The first-order valence-corrected chi connectivity index (χ1v) is 18.8. The summed E-state index contributed by atoms with van der Waals surface area (Å²) >= 11 is 0. The third kappa shape index (κ3) is 5.46. The first kappa shape index (κ1) is 45.0. The lowest BCUT2D eigenvalue weighted by Gasteiger charge is -2.64. The molecule has 4 atom stereocenters. The van der Waals surface area contributed by atoms with Gasteiger partial charge in [0.25, 0.3) is 0 Å². The van der Waals surface area contributed by atoms with Gasteiger partial charge in [-0.1, -0.05) is 91.0 Å². The molecule has 63 heavy (non-hydrogen) atoms. The van der Waals surface area contributed by atoms with Crippen molar-refractivity contribution < 1.29 is 87.8 Å². The van der Waals surface area contributed by atoms with E-state index in [2.05, 4.69) is 0 Å². The fraction of sp³-hybridized carbons (Fsp3) is 0.0952. The van der Waals surface area contributed by atoms with Crippen LogP contribution in [0.5, 0.6) is 0 Å². The van der Waals surface area contributed by atoms with E-state index in [0.29, 0.717) is 48.5 Å². The molecule has 0 fully saturated rings. The summed E-state index contributed by atoms with van der Waals surface area (Å²) in [6, 6.07) is 7.60. The minimum atomic E-state index is -8.10. The second-order valence-electron chi connectivity index (χ2n) is 13.5. The molecule has 0 amide bonds. The molecule has 1 aliphatic rings. The molecule has 330 valence electrons. The van der Waals surface area contributed by atoms with Crippen LogP contribution in [0.25, 0.3) is 0 Å². The number of hydrogen-bond donors (Lipinski definition) is 0. The summed E-state index contributed by atoms with van der Waals surface area (Å²) in [4.78, 5) is -10.7. The smallest absolute Gasteiger partial charge is 0.213 e. The van der Waals surface area contributed by atoms with Crippen LogP contribution in [0.3, 0.4) is 0 Å². The zero-order valence-corrected chi connectivity index (χ0v) is 31.0.